The first-order valence-electron chi connectivity index (χ1n) is 9.28. The number of rotatable bonds is 7. The van der Waals surface area contributed by atoms with Gasteiger partial charge in [0.15, 0.2) is 0 Å². The monoisotopic (exact) mass is 345 g/mol. The molecule has 24 heavy (non-hydrogen) atoms. The number of amides is 1. The number of carbonyl (C=O) groups excluding carboxylic acids is 1. The van der Waals surface area contributed by atoms with Crippen LogP contribution in [0.15, 0.2) is 0 Å². The lowest BCUT2D eigenvalue weighted by Crippen LogP contribution is -2.35. The Labute approximate surface area is 148 Å². The van der Waals surface area contributed by atoms with Gasteiger partial charge in [-0.15, -0.1) is 11.3 Å². The molecule has 3 rings (SSSR count). The van der Waals surface area contributed by atoms with Gasteiger partial charge in [-0.25, -0.2) is 0 Å². The zero-order valence-electron chi connectivity index (χ0n) is 14.6. The van der Waals surface area contributed by atoms with Crippen molar-refractivity contribution in [3.05, 3.63) is 16.0 Å². The van der Waals surface area contributed by atoms with Crippen LogP contribution < -0.4 is 5.32 Å². The summed E-state index contributed by atoms with van der Waals surface area (Å²) in [4.78, 5) is 16.1. The Morgan fingerprint density at radius 2 is 2.12 bits per heavy atom. The van der Waals surface area contributed by atoms with Crippen LogP contribution in [0.5, 0.6) is 0 Å². The Morgan fingerprint density at radius 1 is 1.33 bits per heavy atom. The normalized spacial score (nSPS) is 17.2. The number of hydrogen-bond donors (Lipinski definition) is 1. The van der Waals surface area contributed by atoms with Gasteiger partial charge in [-0.05, 0) is 63.0 Å². The molecule has 0 radical (unpaired) electrons. The van der Waals surface area contributed by atoms with Gasteiger partial charge in [0.25, 0.3) is 0 Å². The molecule has 1 aromatic rings. The number of nitrogens with zero attached hydrogens (tertiary/aromatic N) is 2. The van der Waals surface area contributed by atoms with E-state index in [1.165, 1.54) is 36.1 Å². The third-order valence-electron chi connectivity index (χ3n) is 4.91. The number of hydrogen-bond acceptors (Lipinski definition) is 4. The Morgan fingerprint density at radius 3 is 2.83 bits per heavy atom. The lowest BCUT2D eigenvalue weighted by molar-refractivity contribution is -0.117. The molecular weight excluding hydrogens is 318 g/mol. The summed E-state index contributed by atoms with van der Waals surface area (Å²) in [6.07, 6.45) is 9.28. The Bertz CT molecular complexity index is 627. The summed E-state index contributed by atoms with van der Waals surface area (Å²) in [5.74, 6) is 0.814. The second kappa shape index (κ2) is 8.13. The highest BCUT2D eigenvalue weighted by Gasteiger charge is 2.26. The molecule has 130 valence electrons. The molecule has 1 N–H and O–H groups in total. The first-order valence-corrected chi connectivity index (χ1v) is 10.1. The van der Waals surface area contributed by atoms with E-state index in [2.05, 4.69) is 23.2 Å². The maximum Gasteiger partial charge on any atom is 0.239 e. The van der Waals surface area contributed by atoms with Crippen molar-refractivity contribution >= 4 is 22.2 Å². The second-order valence-corrected chi connectivity index (χ2v) is 8.21. The molecule has 0 saturated heterocycles. The fourth-order valence-electron chi connectivity index (χ4n) is 3.53. The SMILES string of the molecule is CCCN(CC(=O)Nc1sc2c(c1C#N)CCCCC2)CC1CC1. The highest BCUT2D eigenvalue weighted by molar-refractivity contribution is 7.16. The molecule has 5 heteroatoms. The zero-order valence-corrected chi connectivity index (χ0v) is 15.4. The second-order valence-electron chi connectivity index (χ2n) is 7.11. The largest absolute Gasteiger partial charge is 0.315 e. The van der Waals surface area contributed by atoms with Crippen LogP contribution in [0.2, 0.25) is 0 Å². The number of aryl methyl sites for hydroxylation is 1. The molecule has 0 aliphatic heterocycles. The summed E-state index contributed by atoms with van der Waals surface area (Å²) in [5.41, 5.74) is 1.91. The minimum atomic E-state index is 0.0250. The number of nitrogens with one attached hydrogen (secondary N) is 1. The van der Waals surface area contributed by atoms with Crippen LogP contribution in [-0.4, -0.2) is 30.4 Å². The maximum atomic E-state index is 12.5. The minimum absolute atomic E-state index is 0.0250. The zero-order chi connectivity index (χ0) is 16.9. The first kappa shape index (κ1) is 17.4. The van der Waals surface area contributed by atoms with Crippen LogP contribution in [-0.2, 0) is 17.6 Å². The molecular formula is C19H27N3OS. The predicted molar refractivity (Wildman–Crippen MR) is 98.4 cm³/mol. The molecule has 0 spiro atoms. The number of anilines is 1. The molecule has 4 nitrogen and oxygen atoms in total. The van der Waals surface area contributed by atoms with E-state index < -0.39 is 0 Å². The molecule has 1 amide bonds. The standard InChI is InChI=1S/C19H27N3OS/c1-2-10-22(12-14-8-9-14)13-18(23)21-19-16(11-20)15-6-4-3-5-7-17(15)24-19/h14H,2-10,12-13H2,1H3,(H,21,23). The van der Waals surface area contributed by atoms with E-state index in [1.807, 2.05) is 0 Å². The van der Waals surface area contributed by atoms with Crippen LogP contribution in [0.4, 0.5) is 5.00 Å². The highest BCUT2D eigenvalue weighted by Crippen LogP contribution is 2.37. The average Bonchev–Trinajstić information content (AvgIpc) is 3.33. The van der Waals surface area contributed by atoms with Gasteiger partial charge in [-0.1, -0.05) is 13.3 Å². The highest BCUT2D eigenvalue weighted by atomic mass is 32.1. The molecule has 1 fully saturated rings. The van der Waals surface area contributed by atoms with E-state index in [1.54, 1.807) is 11.3 Å². The van der Waals surface area contributed by atoms with Gasteiger partial charge in [0.2, 0.25) is 5.91 Å². The Kier molecular flexibility index (Phi) is 5.91. The van der Waals surface area contributed by atoms with Gasteiger partial charge in [0.1, 0.15) is 11.1 Å². The van der Waals surface area contributed by atoms with E-state index in [-0.39, 0.29) is 5.91 Å². The molecule has 1 heterocycles. The van der Waals surface area contributed by atoms with E-state index in [4.69, 9.17) is 0 Å². The van der Waals surface area contributed by atoms with Gasteiger partial charge < -0.3 is 5.32 Å². The van der Waals surface area contributed by atoms with Crippen LogP contribution in [0.25, 0.3) is 0 Å². The molecule has 0 atom stereocenters. The summed E-state index contributed by atoms with van der Waals surface area (Å²) in [6.45, 7) is 4.60. The number of carbonyl (C=O) groups is 1. The Balaban J connectivity index is 1.66. The molecule has 0 unspecified atom stereocenters. The summed E-state index contributed by atoms with van der Waals surface area (Å²) in [5, 5.41) is 13.4. The predicted octanol–water partition coefficient (Wildman–Crippen LogP) is 3.95. The summed E-state index contributed by atoms with van der Waals surface area (Å²) in [7, 11) is 0. The number of nitriles is 1. The Hall–Kier alpha value is -1.38. The van der Waals surface area contributed by atoms with Crippen LogP contribution >= 0.6 is 11.3 Å². The lowest BCUT2D eigenvalue weighted by Gasteiger charge is -2.20. The maximum absolute atomic E-state index is 12.5. The third kappa shape index (κ3) is 4.37. The van der Waals surface area contributed by atoms with Crippen molar-refractivity contribution < 1.29 is 4.79 Å². The molecule has 0 bridgehead atoms. The summed E-state index contributed by atoms with van der Waals surface area (Å²) >= 11 is 1.62. The van der Waals surface area contributed by atoms with Crippen LogP contribution in [0, 0.1) is 17.2 Å². The van der Waals surface area contributed by atoms with E-state index in [0.717, 1.165) is 55.3 Å². The fraction of sp³-hybridized carbons (Fsp3) is 0.684. The third-order valence-corrected chi connectivity index (χ3v) is 6.11. The quantitative estimate of drug-likeness (QED) is 0.761. The molecule has 1 saturated carbocycles. The van der Waals surface area contributed by atoms with E-state index in [0.29, 0.717) is 6.54 Å². The summed E-state index contributed by atoms with van der Waals surface area (Å²) in [6, 6.07) is 2.34. The van der Waals surface area contributed by atoms with Crippen molar-refractivity contribution in [2.24, 2.45) is 5.92 Å². The van der Waals surface area contributed by atoms with Crippen molar-refractivity contribution in [3.63, 3.8) is 0 Å². The first-order chi connectivity index (χ1) is 11.7. The van der Waals surface area contributed by atoms with Gasteiger partial charge in [-0.3, -0.25) is 9.69 Å². The van der Waals surface area contributed by atoms with Crippen molar-refractivity contribution in [3.8, 4) is 6.07 Å². The molecule has 1 aromatic heterocycles. The van der Waals surface area contributed by atoms with Crippen molar-refractivity contribution in [1.29, 1.82) is 5.26 Å². The van der Waals surface area contributed by atoms with Gasteiger partial charge in [-0.2, -0.15) is 5.26 Å². The summed E-state index contributed by atoms with van der Waals surface area (Å²) < 4.78 is 0. The lowest BCUT2D eigenvalue weighted by atomic mass is 10.1. The van der Waals surface area contributed by atoms with E-state index >= 15 is 0 Å². The van der Waals surface area contributed by atoms with Gasteiger partial charge >= 0.3 is 0 Å². The number of thiophene rings is 1. The van der Waals surface area contributed by atoms with Gasteiger partial charge in [0.05, 0.1) is 12.1 Å². The average molecular weight is 346 g/mol. The molecule has 2 aliphatic carbocycles. The van der Waals surface area contributed by atoms with Crippen LogP contribution in [0.1, 0.15) is 61.5 Å². The van der Waals surface area contributed by atoms with Gasteiger partial charge in [0, 0.05) is 11.4 Å². The van der Waals surface area contributed by atoms with Crippen LogP contribution in [0.3, 0.4) is 0 Å². The minimum Gasteiger partial charge on any atom is -0.315 e. The molecule has 2 aliphatic rings. The smallest absolute Gasteiger partial charge is 0.239 e. The molecule has 0 aromatic carbocycles. The van der Waals surface area contributed by atoms with Crippen molar-refractivity contribution in [1.82, 2.24) is 4.90 Å². The van der Waals surface area contributed by atoms with E-state index in [9.17, 15) is 10.1 Å². The topological polar surface area (TPSA) is 56.1 Å². The van der Waals surface area contributed by atoms with Crippen molar-refractivity contribution in [2.45, 2.75) is 58.3 Å². The number of fused-ring (bicyclic) bond motifs is 1. The van der Waals surface area contributed by atoms with Crippen molar-refractivity contribution in [2.75, 3.05) is 25.0 Å². The fourth-order valence-corrected chi connectivity index (χ4v) is 4.79.